The number of rotatable bonds is 12. The summed E-state index contributed by atoms with van der Waals surface area (Å²) in [6, 6.07) is 0. The van der Waals surface area contributed by atoms with Gasteiger partial charge in [0.2, 0.25) is 0 Å². The molecule has 5 heteroatoms. The van der Waals surface area contributed by atoms with Gasteiger partial charge in [-0.05, 0) is 25.7 Å². The number of ether oxygens (including phenoxy) is 2. The Morgan fingerprint density at radius 1 is 1.09 bits per heavy atom. The molecule has 0 aromatic heterocycles. The van der Waals surface area contributed by atoms with Crippen molar-refractivity contribution in [3.8, 4) is 0 Å². The van der Waals surface area contributed by atoms with Crippen LogP contribution in [-0.2, 0) is 14.3 Å². The molecule has 0 bridgehead atoms. The van der Waals surface area contributed by atoms with E-state index in [0.29, 0.717) is 13.2 Å². The van der Waals surface area contributed by atoms with Crippen LogP contribution in [0.2, 0.25) is 0 Å². The quantitative estimate of drug-likeness (QED) is 0.329. The Kier molecular flexibility index (Phi) is 17.5. The molecule has 22 heavy (non-hydrogen) atoms. The molecule has 0 amide bonds. The van der Waals surface area contributed by atoms with Gasteiger partial charge < -0.3 is 19.7 Å². The summed E-state index contributed by atoms with van der Waals surface area (Å²) in [7, 11) is 0. The van der Waals surface area contributed by atoms with Crippen molar-refractivity contribution in [3.63, 3.8) is 0 Å². The third-order valence-corrected chi connectivity index (χ3v) is 3.48. The first-order valence-electron chi connectivity index (χ1n) is 8.20. The van der Waals surface area contributed by atoms with Crippen molar-refractivity contribution in [1.29, 1.82) is 0 Å². The molecule has 0 unspecified atom stereocenters. The number of hydrogen-bond acceptors (Lipinski definition) is 5. The Balaban J connectivity index is 0. The minimum Gasteiger partial charge on any atom is -0.456 e. The Hall–Kier alpha value is -0.910. The largest absolute Gasteiger partial charge is 0.456 e. The topological polar surface area (TPSA) is 76.0 Å². The van der Waals surface area contributed by atoms with E-state index in [4.69, 9.17) is 14.9 Å². The van der Waals surface area contributed by atoms with Gasteiger partial charge in [0.15, 0.2) is 0 Å². The summed E-state index contributed by atoms with van der Waals surface area (Å²) in [5.74, 6) is -0.296. The van der Waals surface area contributed by atoms with Crippen LogP contribution in [0.3, 0.4) is 0 Å². The number of aliphatic hydroxyl groups is 2. The molecule has 0 heterocycles. The fourth-order valence-corrected chi connectivity index (χ4v) is 1.98. The molecule has 0 aromatic carbocycles. The lowest BCUT2D eigenvalue weighted by Crippen LogP contribution is -2.33. The Bertz CT molecular complexity index is 258. The highest BCUT2D eigenvalue weighted by Crippen LogP contribution is 2.27. The summed E-state index contributed by atoms with van der Waals surface area (Å²) in [5, 5.41) is 16.2. The van der Waals surface area contributed by atoms with E-state index in [1.807, 2.05) is 0 Å². The lowest BCUT2D eigenvalue weighted by Gasteiger charge is -2.31. The highest BCUT2D eigenvalue weighted by Gasteiger charge is 2.28. The lowest BCUT2D eigenvalue weighted by molar-refractivity contribution is -0.155. The van der Waals surface area contributed by atoms with Crippen LogP contribution in [0, 0.1) is 0 Å². The second kappa shape index (κ2) is 16.5. The van der Waals surface area contributed by atoms with E-state index in [9.17, 15) is 4.79 Å². The van der Waals surface area contributed by atoms with Gasteiger partial charge in [0.1, 0.15) is 5.60 Å². The van der Waals surface area contributed by atoms with Crippen LogP contribution in [0.4, 0.5) is 0 Å². The fourth-order valence-electron chi connectivity index (χ4n) is 1.98. The molecular weight excluding hydrogens is 284 g/mol. The Labute approximate surface area is 135 Å². The maximum atomic E-state index is 11.2. The molecule has 0 aliphatic heterocycles. The zero-order valence-electron chi connectivity index (χ0n) is 14.5. The molecule has 0 fully saturated rings. The van der Waals surface area contributed by atoms with E-state index in [2.05, 4.69) is 32.1 Å². The number of aliphatic hydroxyl groups excluding tert-OH is 2. The molecular formula is C17H34O5. The van der Waals surface area contributed by atoms with E-state index >= 15 is 0 Å². The van der Waals surface area contributed by atoms with Crippen molar-refractivity contribution in [3.05, 3.63) is 12.7 Å². The molecule has 0 aliphatic carbocycles. The normalized spacial score (nSPS) is 10.6. The highest BCUT2D eigenvalue weighted by molar-refractivity contribution is 5.81. The van der Waals surface area contributed by atoms with Gasteiger partial charge in [0.25, 0.3) is 0 Å². The number of unbranched alkanes of at least 4 members (excludes halogenated alkanes) is 2. The van der Waals surface area contributed by atoms with Crippen LogP contribution in [-0.4, -0.2) is 48.2 Å². The van der Waals surface area contributed by atoms with Gasteiger partial charge in [0, 0.05) is 6.08 Å². The molecule has 0 aliphatic rings. The van der Waals surface area contributed by atoms with Crippen LogP contribution >= 0.6 is 0 Å². The Morgan fingerprint density at radius 2 is 1.64 bits per heavy atom. The standard InChI is InChI=1S/C13H24O2.C4H10O3/c1-5-9-10-11-13(7-3,8-4)15-12(14)6-2;5-1-3-7-4-2-6/h6H,2,5,7-11H2,1,3-4H3;5-6H,1-4H2. The molecule has 0 atom stereocenters. The predicted octanol–water partition coefficient (Wildman–Crippen LogP) is 2.84. The van der Waals surface area contributed by atoms with Crippen molar-refractivity contribution in [2.75, 3.05) is 26.4 Å². The van der Waals surface area contributed by atoms with Gasteiger partial charge in [-0.3, -0.25) is 0 Å². The SMILES string of the molecule is C=CC(=O)OC(CC)(CC)CCCCC.OCCOCCO. The monoisotopic (exact) mass is 318 g/mol. The van der Waals surface area contributed by atoms with Crippen molar-refractivity contribution in [2.24, 2.45) is 0 Å². The first-order chi connectivity index (χ1) is 10.6. The third-order valence-electron chi connectivity index (χ3n) is 3.48. The zero-order chi connectivity index (χ0) is 17.3. The molecule has 0 rings (SSSR count). The molecule has 5 nitrogen and oxygen atoms in total. The van der Waals surface area contributed by atoms with Crippen molar-refractivity contribution >= 4 is 5.97 Å². The summed E-state index contributed by atoms with van der Waals surface area (Å²) in [6.07, 6.45) is 7.50. The highest BCUT2D eigenvalue weighted by atomic mass is 16.6. The number of esters is 1. The van der Waals surface area contributed by atoms with Gasteiger partial charge in [-0.1, -0.05) is 40.2 Å². The molecule has 0 spiro atoms. The molecule has 0 saturated carbocycles. The first kappa shape index (κ1) is 23.4. The maximum absolute atomic E-state index is 11.2. The van der Waals surface area contributed by atoms with Gasteiger partial charge >= 0.3 is 5.97 Å². The van der Waals surface area contributed by atoms with Crippen LogP contribution in [0.25, 0.3) is 0 Å². The van der Waals surface area contributed by atoms with E-state index in [1.165, 1.54) is 18.9 Å². The molecule has 0 saturated heterocycles. The maximum Gasteiger partial charge on any atom is 0.330 e. The van der Waals surface area contributed by atoms with Gasteiger partial charge in [0.05, 0.1) is 26.4 Å². The number of carbonyl (C=O) groups is 1. The van der Waals surface area contributed by atoms with Crippen LogP contribution in [0.5, 0.6) is 0 Å². The van der Waals surface area contributed by atoms with Crippen LogP contribution in [0.15, 0.2) is 12.7 Å². The molecule has 0 radical (unpaired) electrons. The average Bonchev–Trinajstić information content (AvgIpc) is 2.55. The summed E-state index contributed by atoms with van der Waals surface area (Å²) < 4.78 is 10.1. The fraction of sp³-hybridized carbons (Fsp3) is 0.824. The van der Waals surface area contributed by atoms with Crippen molar-refractivity contribution in [2.45, 2.75) is 64.9 Å². The average molecular weight is 318 g/mol. The first-order valence-corrected chi connectivity index (χ1v) is 8.20. The lowest BCUT2D eigenvalue weighted by atomic mass is 9.90. The second-order valence-electron chi connectivity index (χ2n) is 5.03. The molecule has 2 N–H and O–H groups in total. The van der Waals surface area contributed by atoms with E-state index in [-0.39, 0.29) is 24.8 Å². The Morgan fingerprint density at radius 3 is 2.00 bits per heavy atom. The minimum atomic E-state index is -0.296. The van der Waals surface area contributed by atoms with Crippen molar-refractivity contribution in [1.82, 2.24) is 0 Å². The van der Waals surface area contributed by atoms with Gasteiger partial charge in [-0.2, -0.15) is 0 Å². The van der Waals surface area contributed by atoms with Crippen LogP contribution < -0.4 is 0 Å². The zero-order valence-corrected chi connectivity index (χ0v) is 14.5. The summed E-state index contributed by atoms with van der Waals surface area (Å²) >= 11 is 0. The van der Waals surface area contributed by atoms with E-state index < -0.39 is 0 Å². The number of carbonyl (C=O) groups excluding carboxylic acids is 1. The summed E-state index contributed by atoms with van der Waals surface area (Å²) in [5.41, 5.74) is -0.263. The molecule has 132 valence electrons. The van der Waals surface area contributed by atoms with Crippen molar-refractivity contribution < 1.29 is 24.5 Å². The molecule has 0 aromatic rings. The third kappa shape index (κ3) is 12.8. The van der Waals surface area contributed by atoms with Gasteiger partial charge in [-0.15, -0.1) is 0 Å². The van der Waals surface area contributed by atoms with Crippen LogP contribution in [0.1, 0.15) is 59.3 Å². The minimum absolute atomic E-state index is 0.0278. The number of hydrogen-bond donors (Lipinski definition) is 2. The van der Waals surface area contributed by atoms with E-state index in [0.717, 1.165) is 25.7 Å². The predicted molar refractivity (Wildman–Crippen MR) is 88.7 cm³/mol. The summed E-state index contributed by atoms with van der Waals surface area (Å²) in [4.78, 5) is 11.2. The second-order valence-corrected chi connectivity index (χ2v) is 5.03. The van der Waals surface area contributed by atoms with Gasteiger partial charge in [-0.25, -0.2) is 4.79 Å². The van der Waals surface area contributed by atoms with E-state index in [1.54, 1.807) is 0 Å². The smallest absolute Gasteiger partial charge is 0.330 e. The summed E-state index contributed by atoms with van der Waals surface area (Å²) in [6.45, 7) is 10.5.